The van der Waals surface area contributed by atoms with Crippen LogP contribution in [0.3, 0.4) is 0 Å². The van der Waals surface area contributed by atoms with Crippen LogP contribution < -0.4 is 0 Å². The lowest BCUT2D eigenvalue weighted by Crippen LogP contribution is -2.14. The Labute approximate surface area is 66.9 Å². The van der Waals surface area contributed by atoms with Crippen LogP contribution in [-0.4, -0.2) is 19.0 Å². The third-order valence-corrected chi connectivity index (χ3v) is 1.89. The zero-order chi connectivity index (χ0) is 8.27. The van der Waals surface area contributed by atoms with Gasteiger partial charge in [0.15, 0.2) is 0 Å². The highest BCUT2D eigenvalue weighted by Crippen LogP contribution is 2.31. The number of ether oxygens (including phenoxy) is 1. The maximum atomic E-state index is 11.2. The SMILES string of the molecule is C#CC(CC(=O)C1CC1)OC. The van der Waals surface area contributed by atoms with Crippen LogP contribution in [0.2, 0.25) is 0 Å². The van der Waals surface area contributed by atoms with E-state index < -0.39 is 0 Å². The minimum absolute atomic E-state index is 0.259. The van der Waals surface area contributed by atoms with Gasteiger partial charge in [0, 0.05) is 19.4 Å². The van der Waals surface area contributed by atoms with Gasteiger partial charge in [0.05, 0.1) is 0 Å². The maximum absolute atomic E-state index is 11.2. The summed E-state index contributed by atoms with van der Waals surface area (Å²) in [5.41, 5.74) is 0. The van der Waals surface area contributed by atoms with Crippen molar-refractivity contribution in [1.82, 2.24) is 0 Å². The van der Waals surface area contributed by atoms with Crippen LogP contribution in [0.15, 0.2) is 0 Å². The van der Waals surface area contributed by atoms with Gasteiger partial charge in [-0.05, 0) is 12.8 Å². The normalized spacial score (nSPS) is 18.9. The van der Waals surface area contributed by atoms with Crippen LogP contribution >= 0.6 is 0 Å². The first kappa shape index (κ1) is 8.29. The van der Waals surface area contributed by atoms with Crippen LogP contribution in [0.1, 0.15) is 19.3 Å². The minimum atomic E-state index is -0.317. The van der Waals surface area contributed by atoms with Gasteiger partial charge < -0.3 is 4.74 Å². The molecule has 0 amide bonds. The molecule has 2 nitrogen and oxygen atoms in total. The third kappa shape index (κ3) is 2.36. The van der Waals surface area contributed by atoms with Crippen molar-refractivity contribution < 1.29 is 9.53 Å². The van der Waals surface area contributed by atoms with Gasteiger partial charge in [-0.15, -0.1) is 6.42 Å². The standard InChI is InChI=1S/C9H12O2/c1-3-8(11-2)6-9(10)7-4-5-7/h1,7-8H,4-6H2,2H3. The highest BCUT2D eigenvalue weighted by atomic mass is 16.5. The molecule has 1 atom stereocenters. The first-order valence-corrected chi connectivity index (χ1v) is 3.79. The number of hydrogen-bond donors (Lipinski definition) is 0. The number of ketones is 1. The van der Waals surface area contributed by atoms with Gasteiger partial charge in [-0.25, -0.2) is 0 Å². The Morgan fingerprint density at radius 3 is 2.82 bits per heavy atom. The highest BCUT2D eigenvalue weighted by molar-refractivity contribution is 5.83. The topological polar surface area (TPSA) is 26.3 Å². The lowest BCUT2D eigenvalue weighted by molar-refractivity contribution is -0.121. The lowest BCUT2D eigenvalue weighted by atomic mass is 10.1. The van der Waals surface area contributed by atoms with Gasteiger partial charge in [0.2, 0.25) is 0 Å². The highest BCUT2D eigenvalue weighted by Gasteiger charge is 2.30. The van der Waals surface area contributed by atoms with Gasteiger partial charge in [0.1, 0.15) is 11.9 Å². The molecule has 0 aliphatic heterocycles. The largest absolute Gasteiger partial charge is 0.368 e. The van der Waals surface area contributed by atoms with Crippen molar-refractivity contribution in [3.63, 3.8) is 0 Å². The maximum Gasteiger partial charge on any atom is 0.139 e. The Morgan fingerprint density at radius 1 is 1.82 bits per heavy atom. The van der Waals surface area contributed by atoms with Gasteiger partial charge in [0.25, 0.3) is 0 Å². The molecule has 1 saturated carbocycles. The Kier molecular flexibility index (Phi) is 2.67. The fourth-order valence-corrected chi connectivity index (χ4v) is 0.965. The summed E-state index contributed by atoms with van der Waals surface area (Å²) in [6, 6.07) is 0. The van der Waals surface area contributed by atoms with Crippen molar-refractivity contribution in [3.05, 3.63) is 0 Å². The van der Waals surface area contributed by atoms with Gasteiger partial charge in [-0.3, -0.25) is 4.79 Å². The summed E-state index contributed by atoms with van der Waals surface area (Å²) in [7, 11) is 1.53. The molecule has 0 N–H and O–H groups in total. The van der Waals surface area contributed by atoms with Crippen LogP contribution in [0.4, 0.5) is 0 Å². The van der Waals surface area contributed by atoms with E-state index in [0.29, 0.717) is 12.3 Å². The Balaban J connectivity index is 2.28. The van der Waals surface area contributed by atoms with E-state index in [1.807, 2.05) is 0 Å². The van der Waals surface area contributed by atoms with Gasteiger partial charge >= 0.3 is 0 Å². The molecule has 1 aliphatic rings. The van der Waals surface area contributed by atoms with E-state index in [-0.39, 0.29) is 11.9 Å². The summed E-state index contributed by atoms with van der Waals surface area (Å²) in [4.78, 5) is 11.2. The first-order valence-electron chi connectivity index (χ1n) is 3.79. The second-order valence-corrected chi connectivity index (χ2v) is 2.84. The molecule has 11 heavy (non-hydrogen) atoms. The molecule has 1 rings (SSSR count). The Hall–Kier alpha value is -0.810. The van der Waals surface area contributed by atoms with Crippen molar-refractivity contribution in [2.45, 2.75) is 25.4 Å². The number of terminal acetylenes is 1. The first-order chi connectivity index (χ1) is 5.27. The molecule has 0 aromatic rings. The monoisotopic (exact) mass is 152 g/mol. The quantitative estimate of drug-likeness (QED) is 0.562. The number of carbonyl (C=O) groups is 1. The van der Waals surface area contributed by atoms with Crippen molar-refractivity contribution in [1.29, 1.82) is 0 Å². The zero-order valence-electron chi connectivity index (χ0n) is 6.67. The van der Waals surface area contributed by atoms with E-state index in [9.17, 15) is 4.79 Å². The molecular weight excluding hydrogens is 140 g/mol. The molecule has 0 aromatic carbocycles. The molecule has 0 bridgehead atoms. The molecule has 0 saturated heterocycles. The predicted molar refractivity (Wildman–Crippen MR) is 42.0 cm³/mol. The van der Waals surface area contributed by atoms with E-state index >= 15 is 0 Å². The van der Waals surface area contributed by atoms with E-state index in [0.717, 1.165) is 12.8 Å². The van der Waals surface area contributed by atoms with Crippen molar-refractivity contribution >= 4 is 5.78 Å². The number of hydrogen-bond acceptors (Lipinski definition) is 2. The molecule has 0 spiro atoms. The third-order valence-electron chi connectivity index (χ3n) is 1.89. The van der Waals surface area contributed by atoms with Crippen molar-refractivity contribution in [2.75, 3.05) is 7.11 Å². The van der Waals surface area contributed by atoms with Crippen molar-refractivity contribution in [2.24, 2.45) is 5.92 Å². The van der Waals surface area contributed by atoms with Crippen molar-refractivity contribution in [3.8, 4) is 12.3 Å². The molecular formula is C9H12O2. The van der Waals surface area contributed by atoms with E-state index in [2.05, 4.69) is 5.92 Å². The molecule has 0 heterocycles. The van der Waals surface area contributed by atoms with Crippen LogP contribution in [-0.2, 0) is 9.53 Å². The summed E-state index contributed by atoms with van der Waals surface area (Å²) >= 11 is 0. The number of Topliss-reactive ketones (excluding diaryl/α,β-unsaturated/α-hetero) is 1. The summed E-state index contributed by atoms with van der Waals surface area (Å²) in [5, 5.41) is 0. The molecule has 0 aromatic heterocycles. The average molecular weight is 152 g/mol. The number of methoxy groups -OCH3 is 1. The van der Waals surface area contributed by atoms with E-state index in [4.69, 9.17) is 11.2 Å². The predicted octanol–water partition coefficient (Wildman–Crippen LogP) is 1.00. The lowest BCUT2D eigenvalue weighted by Gasteiger charge is -2.05. The van der Waals surface area contributed by atoms with Crippen LogP contribution in [0.5, 0.6) is 0 Å². The second kappa shape index (κ2) is 3.54. The summed E-state index contributed by atoms with van der Waals surface area (Å²) in [6.45, 7) is 0. The molecule has 60 valence electrons. The minimum Gasteiger partial charge on any atom is -0.368 e. The second-order valence-electron chi connectivity index (χ2n) is 2.84. The fourth-order valence-electron chi connectivity index (χ4n) is 0.965. The molecule has 1 aliphatic carbocycles. The fraction of sp³-hybridized carbons (Fsp3) is 0.667. The summed E-state index contributed by atoms with van der Waals surface area (Å²) in [6.07, 6.45) is 7.28. The molecule has 0 radical (unpaired) electrons. The van der Waals surface area contributed by atoms with Gasteiger partial charge in [-0.2, -0.15) is 0 Å². The van der Waals surface area contributed by atoms with Crippen LogP contribution in [0.25, 0.3) is 0 Å². The Morgan fingerprint density at radius 2 is 2.45 bits per heavy atom. The molecule has 1 unspecified atom stereocenters. The smallest absolute Gasteiger partial charge is 0.139 e. The molecule has 2 heteroatoms. The van der Waals surface area contributed by atoms with Crippen LogP contribution in [0, 0.1) is 18.3 Å². The van der Waals surface area contributed by atoms with E-state index in [1.54, 1.807) is 0 Å². The molecule has 1 fully saturated rings. The Bertz CT molecular complexity index is 186. The van der Waals surface area contributed by atoms with Gasteiger partial charge in [-0.1, -0.05) is 5.92 Å². The number of rotatable bonds is 4. The average Bonchev–Trinajstić information content (AvgIpc) is 2.81. The summed E-state index contributed by atoms with van der Waals surface area (Å²) < 4.78 is 4.89. The number of carbonyl (C=O) groups excluding carboxylic acids is 1. The van der Waals surface area contributed by atoms with E-state index in [1.165, 1.54) is 7.11 Å². The zero-order valence-corrected chi connectivity index (χ0v) is 6.67. The summed E-state index contributed by atoms with van der Waals surface area (Å²) in [5.74, 6) is 2.97.